The Morgan fingerprint density at radius 3 is 2.47 bits per heavy atom. The minimum Gasteiger partial charge on any atom is -0.495 e. The molecule has 3 heterocycles. The van der Waals surface area contributed by atoms with Gasteiger partial charge in [0.25, 0.3) is 5.91 Å². The van der Waals surface area contributed by atoms with E-state index in [4.69, 9.17) is 4.74 Å². The lowest BCUT2D eigenvalue weighted by atomic mass is 9.92. The van der Waals surface area contributed by atoms with Crippen LogP contribution in [0.3, 0.4) is 0 Å². The Morgan fingerprint density at radius 2 is 1.81 bits per heavy atom. The summed E-state index contributed by atoms with van der Waals surface area (Å²) in [6, 6.07) is 11.2. The first-order valence-corrected chi connectivity index (χ1v) is 13.0. The van der Waals surface area contributed by atoms with Crippen LogP contribution in [0.5, 0.6) is 11.6 Å². The van der Waals surface area contributed by atoms with Crippen molar-refractivity contribution in [1.82, 2.24) is 9.88 Å². The third kappa shape index (κ3) is 4.75. The molecule has 1 saturated heterocycles. The van der Waals surface area contributed by atoms with Gasteiger partial charge in [-0.1, -0.05) is 29.5 Å². The van der Waals surface area contributed by atoms with Gasteiger partial charge in [-0.25, -0.2) is 0 Å². The second-order valence-electron chi connectivity index (χ2n) is 9.25. The Kier molecular flexibility index (Phi) is 6.82. The highest BCUT2D eigenvalue weighted by Crippen LogP contribution is 2.41. The Balaban J connectivity index is 1.42. The summed E-state index contributed by atoms with van der Waals surface area (Å²) in [5, 5.41) is 10.1. The second-order valence-corrected chi connectivity index (χ2v) is 10.3. The first-order valence-electron chi connectivity index (χ1n) is 12.2. The number of anilines is 1. The van der Waals surface area contributed by atoms with Crippen LogP contribution >= 0.6 is 11.3 Å². The molecule has 188 valence electrons. The van der Waals surface area contributed by atoms with Crippen molar-refractivity contribution < 1.29 is 19.4 Å². The number of thiazole rings is 1. The molecule has 1 aromatic heterocycles. The maximum absolute atomic E-state index is 13.1. The highest BCUT2D eigenvalue weighted by atomic mass is 32.1. The minimum atomic E-state index is -0.302. The molecule has 0 radical (unpaired) electrons. The van der Waals surface area contributed by atoms with Crippen LogP contribution in [0, 0.1) is 0 Å². The number of aromatic nitrogens is 1. The first kappa shape index (κ1) is 24.1. The molecular weight excluding hydrogens is 478 g/mol. The second kappa shape index (κ2) is 10.2. The number of benzene rings is 2. The highest BCUT2D eigenvalue weighted by Gasteiger charge is 2.30. The SMILES string of the molecule is COc1ccc(Cc2sc(=O)[nH]c2O)c2c1N(Cc1ccc(C(=O)N3CCCCC3)cc1)C(=O)CC2. The molecule has 2 aliphatic rings. The van der Waals surface area contributed by atoms with Gasteiger partial charge < -0.3 is 19.6 Å². The van der Waals surface area contributed by atoms with Gasteiger partial charge in [-0.15, -0.1) is 0 Å². The number of aromatic hydroxyl groups is 1. The van der Waals surface area contributed by atoms with E-state index in [1.54, 1.807) is 12.0 Å². The van der Waals surface area contributed by atoms with Gasteiger partial charge in [-0.2, -0.15) is 0 Å². The number of nitrogens with zero attached hydrogens (tertiary/aromatic N) is 2. The number of carbonyl (C=O) groups excluding carboxylic acids is 2. The fourth-order valence-electron chi connectivity index (χ4n) is 5.08. The highest BCUT2D eigenvalue weighted by molar-refractivity contribution is 7.09. The van der Waals surface area contributed by atoms with Crippen molar-refractivity contribution in [1.29, 1.82) is 0 Å². The van der Waals surface area contributed by atoms with Crippen molar-refractivity contribution in [3.63, 3.8) is 0 Å². The third-order valence-corrected chi connectivity index (χ3v) is 7.83. The summed E-state index contributed by atoms with van der Waals surface area (Å²) >= 11 is 0.984. The Bertz CT molecular complexity index is 1340. The Labute approximate surface area is 213 Å². The molecule has 9 heteroatoms. The molecule has 3 aromatic rings. The van der Waals surface area contributed by atoms with Gasteiger partial charge in [-0.05, 0) is 60.6 Å². The molecule has 2 amide bonds. The molecule has 0 saturated carbocycles. The average Bonchev–Trinajstić information content (AvgIpc) is 3.22. The number of methoxy groups -OCH3 is 1. The topological polar surface area (TPSA) is 103 Å². The van der Waals surface area contributed by atoms with E-state index in [0.717, 1.165) is 59.6 Å². The largest absolute Gasteiger partial charge is 0.495 e. The van der Waals surface area contributed by atoms with Crippen LogP contribution in [0.1, 0.15) is 57.6 Å². The number of hydrogen-bond acceptors (Lipinski definition) is 6. The number of hydrogen-bond donors (Lipinski definition) is 2. The third-order valence-electron chi connectivity index (χ3n) is 6.96. The summed E-state index contributed by atoms with van der Waals surface area (Å²) in [6.45, 7) is 1.96. The number of fused-ring (bicyclic) bond motifs is 1. The summed E-state index contributed by atoms with van der Waals surface area (Å²) in [5.74, 6) is 0.547. The van der Waals surface area contributed by atoms with E-state index < -0.39 is 0 Å². The minimum absolute atomic E-state index is 0.000526. The number of nitrogens with one attached hydrogen (secondary N) is 1. The maximum atomic E-state index is 13.1. The number of aromatic amines is 1. The van der Waals surface area contributed by atoms with Gasteiger partial charge in [0.05, 0.1) is 24.2 Å². The average molecular weight is 508 g/mol. The van der Waals surface area contributed by atoms with Crippen molar-refractivity contribution in [2.24, 2.45) is 0 Å². The lowest BCUT2D eigenvalue weighted by Gasteiger charge is -2.32. The van der Waals surface area contributed by atoms with Gasteiger partial charge >= 0.3 is 4.87 Å². The lowest BCUT2D eigenvalue weighted by Crippen LogP contribution is -2.36. The van der Waals surface area contributed by atoms with Crippen LogP contribution in [0.2, 0.25) is 0 Å². The molecular formula is C27H29N3O5S. The molecule has 0 aliphatic carbocycles. The Morgan fingerprint density at radius 1 is 1.06 bits per heavy atom. The van der Waals surface area contributed by atoms with E-state index in [0.29, 0.717) is 42.0 Å². The monoisotopic (exact) mass is 507 g/mol. The van der Waals surface area contributed by atoms with Gasteiger partial charge in [0.15, 0.2) is 0 Å². The number of rotatable bonds is 6. The van der Waals surface area contributed by atoms with Gasteiger partial charge in [-0.3, -0.25) is 19.4 Å². The van der Waals surface area contributed by atoms with E-state index >= 15 is 0 Å². The van der Waals surface area contributed by atoms with Crippen LogP contribution in [0.15, 0.2) is 41.2 Å². The van der Waals surface area contributed by atoms with E-state index in [-0.39, 0.29) is 22.6 Å². The summed E-state index contributed by atoms with van der Waals surface area (Å²) in [6.07, 6.45) is 4.57. The van der Waals surface area contributed by atoms with E-state index in [2.05, 4.69) is 4.98 Å². The van der Waals surface area contributed by atoms with E-state index in [9.17, 15) is 19.5 Å². The zero-order chi connectivity index (χ0) is 25.2. The molecule has 36 heavy (non-hydrogen) atoms. The van der Waals surface area contributed by atoms with Crippen LogP contribution in [-0.2, 0) is 24.2 Å². The van der Waals surface area contributed by atoms with Crippen LogP contribution in [-0.4, -0.2) is 47.0 Å². The van der Waals surface area contributed by atoms with Crippen LogP contribution < -0.4 is 14.5 Å². The van der Waals surface area contributed by atoms with Crippen molar-refractivity contribution in [2.75, 3.05) is 25.1 Å². The predicted octanol–water partition coefficient (Wildman–Crippen LogP) is 3.85. The molecule has 1 fully saturated rings. The number of carbonyl (C=O) groups is 2. The van der Waals surface area contributed by atoms with Gasteiger partial charge in [0.2, 0.25) is 11.8 Å². The zero-order valence-corrected chi connectivity index (χ0v) is 21.0. The summed E-state index contributed by atoms with van der Waals surface area (Å²) < 4.78 is 5.63. The lowest BCUT2D eigenvalue weighted by molar-refractivity contribution is -0.119. The summed E-state index contributed by atoms with van der Waals surface area (Å²) in [4.78, 5) is 43.9. The van der Waals surface area contributed by atoms with Gasteiger partial charge in [0.1, 0.15) is 5.75 Å². The molecule has 2 N–H and O–H groups in total. The molecule has 0 bridgehead atoms. The fourth-order valence-corrected chi connectivity index (χ4v) is 5.83. The number of H-pyrrole nitrogens is 1. The number of ether oxygens (including phenoxy) is 1. The van der Waals surface area contributed by atoms with E-state index in [1.165, 1.54) is 6.42 Å². The van der Waals surface area contributed by atoms with Crippen LogP contribution in [0.25, 0.3) is 0 Å². The number of amides is 2. The number of likely N-dealkylation sites (tertiary alicyclic amines) is 1. The summed E-state index contributed by atoms with van der Waals surface area (Å²) in [7, 11) is 1.58. The molecule has 5 rings (SSSR count). The zero-order valence-electron chi connectivity index (χ0n) is 20.2. The number of piperidine rings is 1. The molecule has 0 spiro atoms. The summed E-state index contributed by atoms with van der Waals surface area (Å²) in [5.41, 5.74) is 4.22. The standard InChI is InChI=1S/C27H29N3O5S/c1-35-21-11-9-19(15-22-25(32)28-27(34)36-22)20-10-12-23(31)30(24(20)21)16-17-5-7-18(8-6-17)26(33)29-13-3-2-4-14-29/h5-9,11,32H,2-4,10,12-16H2,1H3,(H,28,34). The Hall–Kier alpha value is -3.59. The van der Waals surface area contributed by atoms with Crippen molar-refractivity contribution >= 4 is 28.8 Å². The molecule has 8 nitrogen and oxygen atoms in total. The quantitative estimate of drug-likeness (QED) is 0.528. The van der Waals surface area contributed by atoms with E-state index in [1.807, 2.05) is 41.3 Å². The van der Waals surface area contributed by atoms with Crippen LogP contribution in [0.4, 0.5) is 5.69 Å². The smallest absolute Gasteiger partial charge is 0.307 e. The normalized spacial score (nSPS) is 15.6. The fraction of sp³-hybridized carbons (Fsp3) is 0.370. The maximum Gasteiger partial charge on any atom is 0.307 e. The van der Waals surface area contributed by atoms with Gasteiger partial charge in [0, 0.05) is 31.5 Å². The van der Waals surface area contributed by atoms with Crippen molar-refractivity contribution in [3.8, 4) is 11.6 Å². The molecule has 0 unspecified atom stereocenters. The predicted molar refractivity (Wildman–Crippen MR) is 138 cm³/mol. The molecule has 2 aliphatic heterocycles. The molecule has 0 atom stereocenters. The van der Waals surface area contributed by atoms with Crippen molar-refractivity contribution in [2.45, 2.75) is 45.1 Å². The first-order chi connectivity index (χ1) is 17.4. The molecule has 2 aromatic carbocycles. The van der Waals surface area contributed by atoms with Crippen molar-refractivity contribution in [3.05, 3.63) is 73.2 Å².